The van der Waals surface area contributed by atoms with E-state index >= 15 is 0 Å². The predicted molar refractivity (Wildman–Crippen MR) is 89.7 cm³/mol. The third-order valence-corrected chi connectivity index (χ3v) is 5.18. The summed E-state index contributed by atoms with van der Waals surface area (Å²) in [6, 6.07) is 1.97. The van der Waals surface area contributed by atoms with Gasteiger partial charge < -0.3 is 14.8 Å². The number of amides is 1. The van der Waals surface area contributed by atoms with Gasteiger partial charge in [0.25, 0.3) is 5.92 Å². The van der Waals surface area contributed by atoms with E-state index in [4.69, 9.17) is 0 Å². The van der Waals surface area contributed by atoms with Crippen molar-refractivity contribution < 1.29 is 13.6 Å². The Hall–Kier alpha value is -2.25. The highest BCUT2D eigenvalue weighted by atomic mass is 19.3. The highest BCUT2D eigenvalue weighted by Crippen LogP contribution is 2.31. The highest BCUT2D eigenvalue weighted by molar-refractivity contribution is 5.87. The quantitative estimate of drug-likeness (QED) is 0.904. The Morgan fingerprint density at radius 2 is 2.04 bits per heavy atom. The van der Waals surface area contributed by atoms with Crippen LogP contribution >= 0.6 is 0 Å². The zero-order valence-electron chi connectivity index (χ0n) is 14.1. The Morgan fingerprint density at radius 1 is 1.28 bits per heavy atom. The number of nitrogens with one attached hydrogen (secondary N) is 1. The summed E-state index contributed by atoms with van der Waals surface area (Å²) in [5, 5.41) is 0. The standard InChI is InChI=1S/C17H21F2N5O/c1-11-8-13-14(22-11)15(21-10-20-13)24-5-2-12(9-24)16(25)23-6-3-17(18,19)4-7-23/h8,10,12,22H,2-7,9H2,1H3. The van der Waals surface area contributed by atoms with E-state index in [0.717, 1.165) is 35.5 Å². The third-order valence-electron chi connectivity index (χ3n) is 5.18. The minimum absolute atomic E-state index is 0.00836. The molecule has 2 saturated heterocycles. The maximum Gasteiger partial charge on any atom is 0.251 e. The van der Waals surface area contributed by atoms with E-state index in [2.05, 4.69) is 19.9 Å². The number of carbonyl (C=O) groups is 1. The van der Waals surface area contributed by atoms with Crippen molar-refractivity contribution >= 4 is 22.8 Å². The number of nitrogens with zero attached hydrogens (tertiary/aromatic N) is 4. The van der Waals surface area contributed by atoms with Crippen LogP contribution in [0.15, 0.2) is 12.4 Å². The van der Waals surface area contributed by atoms with E-state index in [-0.39, 0.29) is 37.8 Å². The van der Waals surface area contributed by atoms with Gasteiger partial charge in [0.05, 0.1) is 11.4 Å². The lowest BCUT2D eigenvalue weighted by Gasteiger charge is -2.33. The molecule has 0 aromatic carbocycles. The van der Waals surface area contributed by atoms with Crippen molar-refractivity contribution in [3.05, 3.63) is 18.1 Å². The molecule has 0 bridgehead atoms. The number of hydrogen-bond acceptors (Lipinski definition) is 4. The van der Waals surface area contributed by atoms with Crippen LogP contribution in [0, 0.1) is 12.8 Å². The van der Waals surface area contributed by atoms with Gasteiger partial charge in [-0.15, -0.1) is 0 Å². The highest BCUT2D eigenvalue weighted by Gasteiger charge is 2.39. The fourth-order valence-electron chi connectivity index (χ4n) is 3.76. The molecule has 6 nitrogen and oxygen atoms in total. The maximum absolute atomic E-state index is 13.3. The number of halogens is 2. The molecule has 1 atom stereocenters. The van der Waals surface area contributed by atoms with Crippen molar-refractivity contribution in [3.63, 3.8) is 0 Å². The number of likely N-dealkylation sites (tertiary alicyclic amines) is 1. The number of alkyl halides is 2. The van der Waals surface area contributed by atoms with Crippen molar-refractivity contribution in [1.82, 2.24) is 19.9 Å². The first-order valence-electron chi connectivity index (χ1n) is 8.65. The summed E-state index contributed by atoms with van der Waals surface area (Å²) in [5.74, 6) is -1.99. The van der Waals surface area contributed by atoms with Crippen molar-refractivity contribution in [1.29, 1.82) is 0 Å². The zero-order valence-corrected chi connectivity index (χ0v) is 14.1. The third kappa shape index (κ3) is 3.05. The lowest BCUT2D eigenvalue weighted by atomic mass is 10.0. The Bertz CT molecular complexity index is 795. The predicted octanol–water partition coefficient (Wildman–Crippen LogP) is 2.35. The molecule has 25 heavy (non-hydrogen) atoms. The minimum Gasteiger partial charge on any atom is -0.354 e. The summed E-state index contributed by atoms with van der Waals surface area (Å²) in [5.41, 5.74) is 2.75. The van der Waals surface area contributed by atoms with Crippen molar-refractivity contribution in [2.75, 3.05) is 31.1 Å². The SMILES string of the molecule is Cc1cc2ncnc(N3CCC(C(=O)N4CCC(F)(F)CC4)C3)c2[nH]1. The van der Waals surface area contributed by atoms with Gasteiger partial charge in [0.15, 0.2) is 5.82 Å². The first-order chi connectivity index (χ1) is 11.9. The molecule has 2 aromatic heterocycles. The fraction of sp³-hybridized carbons (Fsp3) is 0.588. The smallest absolute Gasteiger partial charge is 0.251 e. The Labute approximate surface area is 144 Å². The summed E-state index contributed by atoms with van der Waals surface area (Å²) in [6.45, 7) is 3.56. The van der Waals surface area contributed by atoms with Gasteiger partial charge in [-0.25, -0.2) is 18.7 Å². The van der Waals surface area contributed by atoms with E-state index < -0.39 is 5.92 Å². The van der Waals surface area contributed by atoms with Gasteiger partial charge in [0.1, 0.15) is 11.8 Å². The average molecular weight is 349 g/mol. The van der Waals surface area contributed by atoms with E-state index in [1.54, 1.807) is 4.90 Å². The Balaban J connectivity index is 1.47. The minimum atomic E-state index is -2.63. The summed E-state index contributed by atoms with van der Waals surface area (Å²) in [4.78, 5) is 28.3. The fourth-order valence-corrected chi connectivity index (χ4v) is 3.76. The molecular weight excluding hydrogens is 328 g/mol. The Morgan fingerprint density at radius 3 is 2.80 bits per heavy atom. The molecule has 2 aliphatic heterocycles. The molecular formula is C17H21F2N5O. The lowest BCUT2D eigenvalue weighted by molar-refractivity contribution is -0.140. The van der Waals surface area contributed by atoms with Crippen molar-refractivity contribution in [3.8, 4) is 0 Å². The molecule has 2 fully saturated rings. The summed E-state index contributed by atoms with van der Waals surface area (Å²) < 4.78 is 26.6. The number of aromatic nitrogens is 3. The van der Waals surface area contributed by atoms with Crippen molar-refractivity contribution in [2.45, 2.75) is 32.1 Å². The number of H-pyrrole nitrogens is 1. The van der Waals surface area contributed by atoms with Gasteiger partial charge in [-0.1, -0.05) is 0 Å². The molecule has 8 heteroatoms. The summed E-state index contributed by atoms with van der Waals surface area (Å²) >= 11 is 0. The average Bonchev–Trinajstić information content (AvgIpc) is 3.19. The van der Waals surface area contributed by atoms with Gasteiger partial charge in [-0.2, -0.15) is 0 Å². The van der Waals surface area contributed by atoms with Gasteiger partial charge >= 0.3 is 0 Å². The van der Waals surface area contributed by atoms with Crippen LogP contribution in [0.2, 0.25) is 0 Å². The normalized spacial score (nSPS) is 23.4. The molecule has 0 saturated carbocycles. The van der Waals surface area contributed by atoms with Crippen LogP contribution < -0.4 is 4.90 Å². The van der Waals surface area contributed by atoms with Crippen molar-refractivity contribution in [2.24, 2.45) is 5.92 Å². The van der Waals surface area contributed by atoms with E-state index in [1.807, 2.05) is 13.0 Å². The second-order valence-corrected chi connectivity index (χ2v) is 7.02. The van der Waals surface area contributed by atoms with Gasteiger partial charge in [-0.3, -0.25) is 4.79 Å². The molecule has 0 spiro atoms. The number of piperidine rings is 1. The second-order valence-electron chi connectivity index (χ2n) is 7.02. The van der Waals surface area contributed by atoms with Gasteiger partial charge in [0, 0.05) is 44.7 Å². The number of hydrogen-bond donors (Lipinski definition) is 1. The monoisotopic (exact) mass is 349 g/mol. The largest absolute Gasteiger partial charge is 0.354 e. The molecule has 1 unspecified atom stereocenters. The molecule has 4 heterocycles. The van der Waals surface area contributed by atoms with Crippen LogP contribution in [0.25, 0.3) is 11.0 Å². The summed E-state index contributed by atoms with van der Waals surface area (Å²) in [7, 11) is 0. The van der Waals surface area contributed by atoms with Crippen LogP contribution in [0.5, 0.6) is 0 Å². The first kappa shape index (κ1) is 16.2. The lowest BCUT2D eigenvalue weighted by Crippen LogP contribution is -2.45. The van der Waals surface area contributed by atoms with Crippen LogP contribution in [-0.4, -0.2) is 57.9 Å². The molecule has 0 aliphatic carbocycles. The second kappa shape index (κ2) is 5.93. The topological polar surface area (TPSA) is 65.1 Å². The number of anilines is 1. The first-order valence-corrected chi connectivity index (χ1v) is 8.65. The van der Waals surface area contributed by atoms with E-state index in [1.165, 1.54) is 6.33 Å². The number of fused-ring (bicyclic) bond motifs is 1. The number of aryl methyl sites for hydroxylation is 1. The summed E-state index contributed by atoms with van der Waals surface area (Å²) in [6.07, 6.45) is 1.79. The molecule has 2 aromatic rings. The van der Waals surface area contributed by atoms with E-state index in [9.17, 15) is 13.6 Å². The molecule has 134 valence electrons. The Kier molecular flexibility index (Phi) is 3.85. The molecule has 1 N–H and O–H groups in total. The number of aromatic amines is 1. The molecule has 0 radical (unpaired) electrons. The van der Waals surface area contributed by atoms with Crippen LogP contribution in [-0.2, 0) is 4.79 Å². The molecule has 4 rings (SSSR count). The number of rotatable bonds is 2. The maximum atomic E-state index is 13.3. The van der Waals surface area contributed by atoms with Gasteiger partial charge in [0.2, 0.25) is 5.91 Å². The van der Waals surface area contributed by atoms with Crippen LogP contribution in [0.3, 0.4) is 0 Å². The van der Waals surface area contributed by atoms with Gasteiger partial charge in [-0.05, 0) is 19.4 Å². The van der Waals surface area contributed by atoms with E-state index in [0.29, 0.717) is 6.54 Å². The zero-order chi connectivity index (χ0) is 17.6. The van der Waals surface area contributed by atoms with Crippen LogP contribution in [0.1, 0.15) is 25.0 Å². The molecule has 1 amide bonds. The van der Waals surface area contributed by atoms with Crippen LogP contribution in [0.4, 0.5) is 14.6 Å². The number of carbonyl (C=O) groups excluding carboxylic acids is 1. The molecule has 2 aliphatic rings.